The lowest BCUT2D eigenvalue weighted by Crippen LogP contribution is -2.58. The van der Waals surface area contributed by atoms with Crippen molar-refractivity contribution in [1.82, 2.24) is 19.6 Å². The number of ether oxygens (including phenoxy) is 2. The number of carbonyl (C=O) groups excluding carboxylic acids is 2. The van der Waals surface area contributed by atoms with E-state index in [-0.39, 0.29) is 31.4 Å². The number of hydrogen-bond donors (Lipinski definition) is 0. The van der Waals surface area contributed by atoms with Gasteiger partial charge in [-0.1, -0.05) is 41.9 Å². The molecule has 202 valence electrons. The van der Waals surface area contributed by atoms with Crippen molar-refractivity contribution in [3.05, 3.63) is 82.6 Å². The maximum atomic E-state index is 13.4. The molecule has 1 fully saturated rings. The lowest BCUT2D eigenvalue weighted by Gasteiger charge is -2.42. The molecule has 8 nitrogen and oxygen atoms in total. The molecule has 0 radical (unpaired) electrons. The number of morpholine rings is 1. The normalized spacial score (nSPS) is 17.3. The van der Waals surface area contributed by atoms with Crippen molar-refractivity contribution in [2.75, 3.05) is 33.4 Å². The average molecular weight is 539 g/mol. The number of rotatable bonds is 10. The standard InChI is InChI=1S/C29H35ClN4O4/c1-22-24(19-33(3)31-22)9-14-27(35)34-15-16-38-29(20-34,21-37-26-12-10-25(30)11-13-26)17-28(36)32(2)18-23-7-5-4-6-8-23/h4-8,10-13,19H,9,14-18,20-21H2,1-3H3. The zero-order valence-corrected chi connectivity index (χ0v) is 23.0. The van der Waals surface area contributed by atoms with E-state index in [0.29, 0.717) is 43.3 Å². The molecule has 2 amide bonds. The van der Waals surface area contributed by atoms with Gasteiger partial charge in [0.15, 0.2) is 0 Å². The van der Waals surface area contributed by atoms with Crippen LogP contribution in [0.3, 0.4) is 0 Å². The van der Waals surface area contributed by atoms with E-state index in [1.165, 1.54) is 0 Å². The summed E-state index contributed by atoms with van der Waals surface area (Å²) in [6, 6.07) is 16.9. The monoisotopic (exact) mass is 538 g/mol. The van der Waals surface area contributed by atoms with Crippen LogP contribution in [0.2, 0.25) is 5.02 Å². The number of aromatic nitrogens is 2. The highest BCUT2D eigenvalue weighted by Gasteiger charge is 2.42. The highest BCUT2D eigenvalue weighted by atomic mass is 35.5. The van der Waals surface area contributed by atoms with E-state index in [1.54, 1.807) is 45.8 Å². The topological polar surface area (TPSA) is 76.9 Å². The van der Waals surface area contributed by atoms with Crippen molar-refractivity contribution in [1.29, 1.82) is 0 Å². The molecule has 0 aliphatic carbocycles. The Balaban J connectivity index is 1.46. The Labute approximate surface area is 229 Å². The van der Waals surface area contributed by atoms with Gasteiger partial charge in [-0.3, -0.25) is 14.3 Å². The lowest BCUT2D eigenvalue weighted by molar-refractivity contribution is -0.165. The van der Waals surface area contributed by atoms with E-state index in [0.717, 1.165) is 16.8 Å². The van der Waals surface area contributed by atoms with Gasteiger partial charge in [0.2, 0.25) is 11.8 Å². The van der Waals surface area contributed by atoms with Gasteiger partial charge in [0.05, 0.1) is 25.3 Å². The Kier molecular flexibility index (Phi) is 9.07. The second-order valence-corrected chi connectivity index (χ2v) is 10.4. The molecule has 38 heavy (non-hydrogen) atoms. The number of amides is 2. The first kappa shape index (κ1) is 27.7. The summed E-state index contributed by atoms with van der Waals surface area (Å²) in [4.78, 5) is 30.1. The predicted octanol–water partition coefficient (Wildman–Crippen LogP) is 4.04. The summed E-state index contributed by atoms with van der Waals surface area (Å²) in [7, 11) is 3.66. The maximum Gasteiger partial charge on any atom is 0.225 e. The van der Waals surface area contributed by atoms with Crippen molar-refractivity contribution >= 4 is 23.4 Å². The summed E-state index contributed by atoms with van der Waals surface area (Å²) in [6.07, 6.45) is 3.02. The summed E-state index contributed by atoms with van der Waals surface area (Å²) in [6.45, 7) is 3.65. The van der Waals surface area contributed by atoms with Crippen LogP contribution in [0.4, 0.5) is 0 Å². The van der Waals surface area contributed by atoms with E-state index < -0.39 is 5.60 Å². The molecule has 2 heterocycles. The predicted molar refractivity (Wildman–Crippen MR) is 146 cm³/mol. The second kappa shape index (κ2) is 12.5. The molecule has 0 N–H and O–H groups in total. The average Bonchev–Trinajstić information content (AvgIpc) is 3.24. The summed E-state index contributed by atoms with van der Waals surface area (Å²) in [5.41, 5.74) is 2.06. The number of halogens is 1. The van der Waals surface area contributed by atoms with Crippen LogP contribution in [-0.4, -0.2) is 70.3 Å². The smallest absolute Gasteiger partial charge is 0.225 e. The number of nitrogens with zero attached hydrogens (tertiary/aromatic N) is 4. The van der Waals surface area contributed by atoms with Gasteiger partial charge in [-0.2, -0.15) is 5.10 Å². The zero-order valence-electron chi connectivity index (χ0n) is 22.2. The van der Waals surface area contributed by atoms with E-state index in [2.05, 4.69) is 5.10 Å². The summed E-state index contributed by atoms with van der Waals surface area (Å²) in [5, 5.41) is 4.98. The molecule has 0 saturated carbocycles. The fourth-order valence-electron chi connectivity index (χ4n) is 4.70. The van der Waals surface area contributed by atoms with Gasteiger partial charge in [0, 0.05) is 44.8 Å². The van der Waals surface area contributed by atoms with Crippen LogP contribution in [0.15, 0.2) is 60.8 Å². The Morgan fingerprint density at radius 1 is 1.16 bits per heavy atom. The van der Waals surface area contributed by atoms with Crippen LogP contribution in [0.25, 0.3) is 0 Å². The van der Waals surface area contributed by atoms with Crippen molar-refractivity contribution in [2.24, 2.45) is 7.05 Å². The molecule has 0 bridgehead atoms. The van der Waals surface area contributed by atoms with Gasteiger partial charge in [-0.15, -0.1) is 0 Å². The fraction of sp³-hybridized carbons (Fsp3) is 0.414. The molecule has 0 spiro atoms. The van der Waals surface area contributed by atoms with E-state index in [1.807, 2.05) is 50.5 Å². The third-order valence-electron chi connectivity index (χ3n) is 6.80. The lowest BCUT2D eigenvalue weighted by atomic mass is 9.96. The highest BCUT2D eigenvalue weighted by molar-refractivity contribution is 6.30. The first-order valence-electron chi connectivity index (χ1n) is 12.8. The van der Waals surface area contributed by atoms with Crippen molar-refractivity contribution in [2.45, 2.75) is 38.3 Å². The first-order valence-corrected chi connectivity index (χ1v) is 13.2. The molecule has 1 aliphatic heterocycles. The van der Waals surface area contributed by atoms with E-state index >= 15 is 0 Å². The van der Waals surface area contributed by atoms with Crippen LogP contribution in [0, 0.1) is 6.92 Å². The second-order valence-electron chi connectivity index (χ2n) is 9.91. The third-order valence-corrected chi connectivity index (χ3v) is 7.05. The van der Waals surface area contributed by atoms with Crippen molar-refractivity contribution < 1.29 is 19.1 Å². The Bertz CT molecular complexity index is 1230. The molecule has 1 aromatic heterocycles. The molecule has 2 aromatic carbocycles. The van der Waals surface area contributed by atoms with Crippen LogP contribution >= 0.6 is 11.6 Å². The molecular weight excluding hydrogens is 504 g/mol. The summed E-state index contributed by atoms with van der Waals surface area (Å²) >= 11 is 6.02. The van der Waals surface area contributed by atoms with Crippen LogP contribution in [-0.2, 0) is 34.3 Å². The molecule has 4 rings (SSSR count). The minimum Gasteiger partial charge on any atom is -0.490 e. The molecule has 9 heteroatoms. The van der Waals surface area contributed by atoms with Gasteiger partial charge in [-0.25, -0.2) is 0 Å². The zero-order chi connectivity index (χ0) is 27.1. The summed E-state index contributed by atoms with van der Waals surface area (Å²) < 4.78 is 14.1. The Morgan fingerprint density at radius 2 is 1.89 bits per heavy atom. The van der Waals surface area contributed by atoms with E-state index in [4.69, 9.17) is 21.1 Å². The fourth-order valence-corrected chi connectivity index (χ4v) is 4.82. The van der Waals surface area contributed by atoms with Gasteiger partial charge in [0.25, 0.3) is 0 Å². The highest BCUT2D eigenvalue weighted by Crippen LogP contribution is 2.27. The molecule has 1 unspecified atom stereocenters. The van der Waals surface area contributed by atoms with Gasteiger partial charge >= 0.3 is 0 Å². The van der Waals surface area contributed by atoms with Crippen LogP contribution < -0.4 is 4.74 Å². The number of hydrogen-bond acceptors (Lipinski definition) is 5. The molecule has 1 saturated heterocycles. The Morgan fingerprint density at radius 3 is 2.58 bits per heavy atom. The number of carbonyl (C=O) groups is 2. The molecule has 1 aliphatic rings. The van der Waals surface area contributed by atoms with Gasteiger partial charge in [0.1, 0.15) is 18.0 Å². The SMILES string of the molecule is Cc1nn(C)cc1CCC(=O)N1CCOC(COc2ccc(Cl)cc2)(CC(=O)N(C)Cc2ccccc2)C1. The van der Waals surface area contributed by atoms with Crippen LogP contribution in [0.1, 0.15) is 29.7 Å². The number of benzene rings is 2. The van der Waals surface area contributed by atoms with Crippen molar-refractivity contribution in [3.63, 3.8) is 0 Å². The molecular formula is C29H35ClN4O4. The summed E-state index contributed by atoms with van der Waals surface area (Å²) in [5.74, 6) is 0.573. The minimum atomic E-state index is -0.972. The van der Waals surface area contributed by atoms with Gasteiger partial charge < -0.3 is 19.3 Å². The first-order chi connectivity index (χ1) is 18.2. The molecule has 3 aromatic rings. The molecule has 1 atom stereocenters. The number of aryl methyl sites for hydroxylation is 3. The third kappa shape index (κ3) is 7.36. The quantitative estimate of drug-likeness (QED) is 0.389. The largest absolute Gasteiger partial charge is 0.490 e. The van der Waals surface area contributed by atoms with E-state index in [9.17, 15) is 9.59 Å². The van der Waals surface area contributed by atoms with Gasteiger partial charge in [-0.05, 0) is 48.7 Å². The minimum absolute atomic E-state index is 0.0255. The Hall–Kier alpha value is -3.36. The van der Waals surface area contributed by atoms with Crippen molar-refractivity contribution in [3.8, 4) is 5.75 Å². The maximum absolute atomic E-state index is 13.4. The van der Waals surface area contributed by atoms with Crippen LogP contribution in [0.5, 0.6) is 5.75 Å².